The van der Waals surface area contributed by atoms with E-state index in [4.69, 9.17) is 23.2 Å². The molecule has 1 aromatic carbocycles. The Morgan fingerprint density at radius 2 is 1.65 bits per heavy atom. The molecule has 0 atom stereocenters. The van der Waals surface area contributed by atoms with Gasteiger partial charge in [0, 0.05) is 48.3 Å². The molecule has 8 heteroatoms. The minimum atomic E-state index is -3.36. The number of hydrogen-bond donors (Lipinski definition) is 0. The van der Waals surface area contributed by atoms with E-state index >= 15 is 0 Å². The average Bonchev–Trinajstić information content (AvgIpc) is 3.07. The number of halogens is 2. The molecule has 1 aliphatic heterocycles. The van der Waals surface area contributed by atoms with E-state index in [1.807, 2.05) is 18.2 Å². The zero-order chi connectivity index (χ0) is 16.4. The fourth-order valence-corrected chi connectivity index (χ4v) is 5.66. The van der Waals surface area contributed by atoms with Crippen LogP contribution in [0.1, 0.15) is 5.56 Å². The molecule has 1 saturated heterocycles. The smallest absolute Gasteiger partial charge is 0.252 e. The van der Waals surface area contributed by atoms with E-state index < -0.39 is 10.0 Å². The van der Waals surface area contributed by atoms with Crippen molar-refractivity contribution in [3.63, 3.8) is 0 Å². The van der Waals surface area contributed by atoms with E-state index in [2.05, 4.69) is 4.90 Å². The van der Waals surface area contributed by atoms with Gasteiger partial charge in [0.2, 0.25) is 0 Å². The number of benzene rings is 1. The van der Waals surface area contributed by atoms with Gasteiger partial charge >= 0.3 is 0 Å². The van der Waals surface area contributed by atoms with Crippen molar-refractivity contribution in [2.75, 3.05) is 26.2 Å². The zero-order valence-electron chi connectivity index (χ0n) is 12.3. The highest BCUT2D eigenvalue weighted by Crippen LogP contribution is 2.27. The second-order valence-electron chi connectivity index (χ2n) is 5.31. The zero-order valence-corrected chi connectivity index (χ0v) is 15.4. The maximum absolute atomic E-state index is 12.5. The molecule has 3 rings (SSSR count). The van der Waals surface area contributed by atoms with Gasteiger partial charge in [0.05, 0.1) is 0 Å². The first kappa shape index (κ1) is 17.2. The van der Waals surface area contributed by atoms with Gasteiger partial charge < -0.3 is 0 Å². The second-order valence-corrected chi connectivity index (χ2v) is 9.24. The second kappa shape index (κ2) is 7.09. The Bertz CT molecular complexity index is 751. The van der Waals surface area contributed by atoms with Crippen LogP contribution in [0.15, 0.2) is 39.9 Å². The molecular formula is C15H16Cl2N2O2S2. The topological polar surface area (TPSA) is 40.6 Å². The van der Waals surface area contributed by atoms with Gasteiger partial charge in [-0.05, 0) is 23.6 Å². The molecule has 124 valence electrons. The summed E-state index contributed by atoms with van der Waals surface area (Å²) in [5.41, 5.74) is 0.894. The first-order valence-corrected chi connectivity index (χ1v) is 10.2. The summed E-state index contributed by atoms with van der Waals surface area (Å²) in [5.74, 6) is 0. The number of hydrogen-bond acceptors (Lipinski definition) is 4. The summed E-state index contributed by atoms with van der Waals surface area (Å²) in [6, 6.07) is 8.86. The highest BCUT2D eigenvalue weighted by atomic mass is 35.5. The van der Waals surface area contributed by atoms with Crippen LogP contribution in [-0.4, -0.2) is 43.8 Å². The molecule has 1 aliphatic rings. The molecule has 4 nitrogen and oxygen atoms in total. The molecule has 0 unspecified atom stereocenters. The van der Waals surface area contributed by atoms with Crippen LogP contribution in [0, 0.1) is 0 Å². The number of rotatable bonds is 4. The molecule has 2 aromatic rings. The first-order valence-electron chi connectivity index (χ1n) is 7.17. The molecule has 2 heterocycles. The lowest BCUT2D eigenvalue weighted by Gasteiger charge is -2.34. The minimum Gasteiger partial charge on any atom is -0.296 e. The summed E-state index contributed by atoms with van der Waals surface area (Å²) in [6.45, 7) is 2.90. The number of thiophene rings is 1. The monoisotopic (exact) mass is 390 g/mol. The molecule has 0 amide bonds. The minimum absolute atomic E-state index is 0.403. The Labute approximate surface area is 150 Å². The molecule has 0 saturated carbocycles. The summed E-state index contributed by atoms with van der Waals surface area (Å²) >= 11 is 13.7. The van der Waals surface area contributed by atoms with Gasteiger partial charge in [0.25, 0.3) is 10.0 Å². The Hall–Kier alpha value is -0.630. The lowest BCUT2D eigenvalue weighted by atomic mass is 10.2. The highest BCUT2D eigenvalue weighted by Gasteiger charge is 2.29. The quantitative estimate of drug-likeness (QED) is 0.800. The summed E-state index contributed by atoms with van der Waals surface area (Å²) in [7, 11) is -3.36. The van der Waals surface area contributed by atoms with Crippen LogP contribution in [-0.2, 0) is 16.6 Å². The molecule has 0 radical (unpaired) electrons. The lowest BCUT2D eigenvalue weighted by molar-refractivity contribution is 0.182. The van der Waals surface area contributed by atoms with Crippen LogP contribution in [0.4, 0.5) is 0 Å². The predicted octanol–water partition coefficient (Wildman–Crippen LogP) is 3.56. The van der Waals surface area contributed by atoms with Crippen molar-refractivity contribution in [2.45, 2.75) is 10.8 Å². The summed E-state index contributed by atoms with van der Waals surface area (Å²) < 4.78 is 26.9. The normalized spacial score (nSPS) is 17.5. The van der Waals surface area contributed by atoms with Crippen molar-refractivity contribution in [1.82, 2.24) is 9.21 Å². The van der Waals surface area contributed by atoms with Crippen LogP contribution in [0.3, 0.4) is 0 Å². The van der Waals surface area contributed by atoms with E-state index in [9.17, 15) is 8.42 Å². The number of sulfonamides is 1. The summed E-state index contributed by atoms with van der Waals surface area (Å²) in [4.78, 5) is 2.17. The van der Waals surface area contributed by atoms with Gasteiger partial charge in [0.1, 0.15) is 4.21 Å². The maximum atomic E-state index is 12.5. The fraction of sp³-hybridized carbons (Fsp3) is 0.333. The van der Waals surface area contributed by atoms with Gasteiger partial charge in [0.15, 0.2) is 0 Å². The Kier molecular flexibility index (Phi) is 5.30. The fourth-order valence-electron chi connectivity index (χ4n) is 2.57. The predicted molar refractivity (Wildman–Crippen MR) is 94.8 cm³/mol. The molecule has 0 spiro atoms. The van der Waals surface area contributed by atoms with Crippen molar-refractivity contribution >= 4 is 44.6 Å². The van der Waals surface area contributed by atoms with Gasteiger partial charge in [-0.25, -0.2) is 8.42 Å². The van der Waals surface area contributed by atoms with Crippen LogP contribution in [0.25, 0.3) is 0 Å². The third kappa shape index (κ3) is 3.73. The van der Waals surface area contributed by atoms with E-state index in [0.717, 1.165) is 5.56 Å². The Morgan fingerprint density at radius 3 is 2.22 bits per heavy atom. The summed E-state index contributed by atoms with van der Waals surface area (Å²) in [5, 5.41) is 3.07. The third-order valence-electron chi connectivity index (χ3n) is 3.86. The standard InChI is InChI=1S/C15H16Cl2N2O2S2/c16-13-3-1-4-14(17)12(13)11-18-6-8-19(9-7-18)23(20,21)15-5-2-10-22-15/h1-5,10H,6-9,11H2. The highest BCUT2D eigenvalue weighted by molar-refractivity contribution is 7.91. The Morgan fingerprint density at radius 1 is 1.00 bits per heavy atom. The van der Waals surface area contributed by atoms with Gasteiger partial charge in [-0.3, -0.25) is 4.90 Å². The van der Waals surface area contributed by atoms with Crippen molar-refractivity contribution in [1.29, 1.82) is 0 Å². The largest absolute Gasteiger partial charge is 0.296 e. The van der Waals surface area contributed by atoms with E-state index in [1.165, 1.54) is 11.3 Å². The molecule has 0 bridgehead atoms. The number of nitrogens with zero attached hydrogens (tertiary/aromatic N) is 2. The number of piperazine rings is 1. The van der Waals surface area contributed by atoms with Crippen molar-refractivity contribution in [3.05, 3.63) is 51.3 Å². The van der Waals surface area contributed by atoms with E-state index in [1.54, 1.807) is 21.8 Å². The maximum Gasteiger partial charge on any atom is 0.252 e. The van der Waals surface area contributed by atoms with Crippen LogP contribution >= 0.6 is 34.5 Å². The molecule has 23 heavy (non-hydrogen) atoms. The molecular weight excluding hydrogens is 375 g/mol. The molecule has 0 N–H and O–H groups in total. The van der Waals surface area contributed by atoms with Crippen molar-refractivity contribution in [3.8, 4) is 0 Å². The van der Waals surface area contributed by atoms with Crippen molar-refractivity contribution < 1.29 is 8.42 Å². The van der Waals surface area contributed by atoms with Gasteiger partial charge in [-0.15, -0.1) is 11.3 Å². The SMILES string of the molecule is O=S(=O)(c1cccs1)N1CCN(Cc2c(Cl)cccc2Cl)CC1. The molecule has 1 aromatic heterocycles. The first-order chi connectivity index (χ1) is 11.0. The molecule has 1 fully saturated rings. The van der Waals surface area contributed by atoms with E-state index in [-0.39, 0.29) is 0 Å². The van der Waals surface area contributed by atoms with Crippen molar-refractivity contribution in [2.24, 2.45) is 0 Å². The summed E-state index contributed by atoms with van der Waals surface area (Å²) in [6.07, 6.45) is 0. The van der Waals surface area contributed by atoms with Crippen LogP contribution < -0.4 is 0 Å². The van der Waals surface area contributed by atoms with Crippen LogP contribution in [0.2, 0.25) is 10.0 Å². The van der Waals surface area contributed by atoms with Gasteiger partial charge in [-0.2, -0.15) is 4.31 Å². The van der Waals surface area contributed by atoms with Gasteiger partial charge in [-0.1, -0.05) is 35.3 Å². The molecule has 0 aliphatic carbocycles. The van der Waals surface area contributed by atoms with Crippen LogP contribution in [0.5, 0.6) is 0 Å². The third-order valence-corrected chi connectivity index (χ3v) is 7.84. The lowest BCUT2D eigenvalue weighted by Crippen LogP contribution is -2.48. The Balaban J connectivity index is 1.65. The van der Waals surface area contributed by atoms with E-state index in [0.29, 0.717) is 47.0 Å². The average molecular weight is 391 g/mol.